The molecule has 0 aliphatic carbocycles. The van der Waals surface area contributed by atoms with Crippen LogP contribution in [0.25, 0.3) is 0 Å². The number of Topliss-reactive ketones (excluding diaryl/α,β-unsaturated/α-hetero) is 2. The Bertz CT molecular complexity index is 1250. The lowest BCUT2D eigenvalue weighted by atomic mass is 9.86. The number of carbonyl (C=O) groups is 4. The molecule has 1 aliphatic heterocycles. The van der Waals surface area contributed by atoms with Crippen molar-refractivity contribution in [3.05, 3.63) is 76.3 Å². The Morgan fingerprint density at radius 3 is 2.35 bits per heavy atom. The van der Waals surface area contributed by atoms with E-state index in [4.69, 9.17) is 9.47 Å². The van der Waals surface area contributed by atoms with Crippen LogP contribution < -0.4 is 9.64 Å². The number of ketones is 2. The number of carbonyl (C=O) groups excluding carboxylic acids is 4. The molecule has 2 heterocycles. The van der Waals surface area contributed by atoms with Gasteiger partial charge in [-0.15, -0.1) is 0 Å². The van der Waals surface area contributed by atoms with Crippen molar-refractivity contribution in [2.45, 2.75) is 19.9 Å². The van der Waals surface area contributed by atoms with Crippen molar-refractivity contribution in [2.24, 2.45) is 5.92 Å². The maximum atomic E-state index is 13.5. The fourth-order valence-electron chi connectivity index (χ4n) is 3.94. The van der Waals surface area contributed by atoms with Gasteiger partial charge in [-0.2, -0.15) is 0 Å². The third-order valence-electron chi connectivity index (χ3n) is 5.56. The van der Waals surface area contributed by atoms with E-state index < -0.39 is 35.4 Å². The lowest BCUT2D eigenvalue weighted by Gasteiger charge is -2.25. The highest BCUT2D eigenvalue weighted by molar-refractivity contribution is 7.17. The van der Waals surface area contributed by atoms with Gasteiger partial charge in [0, 0.05) is 5.56 Å². The van der Waals surface area contributed by atoms with Crippen molar-refractivity contribution in [3.63, 3.8) is 0 Å². The van der Waals surface area contributed by atoms with E-state index in [1.165, 1.54) is 12.0 Å². The maximum Gasteiger partial charge on any atom is 0.350 e. The lowest BCUT2D eigenvalue weighted by Crippen LogP contribution is -2.30. The minimum atomic E-state index is -1.27. The predicted octanol–water partition coefficient (Wildman–Crippen LogP) is 3.79. The number of amides is 1. The second-order valence-corrected chi connectivity index (χ2v) is 8.57. The first-order chi connectivity index (χ1) is 16.4. The first-order valence-corrected chi connectivity index (χ1v) is 11.4. The van der Waals surface area contributed by atoms with Crippen LogP contribution in [0.2, 0.25) is 0 Å². The molecule has 1 amide bonds. The molecule has 174 valence electrons. The molecule has 3 aromatic rings. The molecule has 2 aromatic carbocycles. The van der Waals surface area contributed by atoms with Crippen molar-refractivity contribution in [2.75, 3.05) is 18.6 Å². The molecule has 2 unspecified atom stereocenters. The number of hydrogen-bond donors (Lipinski definition) is 0. The number of aryl methyl sites for hydroxylation is 1. The summed E-state index contributed by atoms with van der Waals surface area (Å²) in [4.78, 5) is 58.1. The van der Waals surface area contributed by atoms with Gasteiger partial charge in [0.25, 0.3) is 5.91 Å². The Kier molecular flexibility index (Phi) is 6.56. The highest BCUT2D eigenvalue weighted by atomic mass is 32.1. The molecule has 0 N–H and O–H groups in total. The van der Waals surface area contributed by atoms with Gasteiger partial charge >= 0.3 is 5.97 Å². The highest BCUT2D eigenvalue weighted by Gasteiger charge is 2.53. The summed E-state index contributed by atoms with van der Waals surface area (Å²) >= 11 is 0.963. The highest BCUT2D eigenvalue weighted by Crippen LogP contribution is 2.43. The molecule has 1 aromatic heterocycles. The second kappa shape index (κ2) is 9.56. The summed E-state index contributed by atoms with van der Waals surface area (Å²) in [5, 5.41) is 0.165. The van der Waals surface area contributed by atoms with Gasteiger partial charge in [-0.3, -0.25) is 19.3 Å². The fraction of sp³-hybridized carbons (Fsp3) is 0.240. The number of esters is 1. The van der Waals surface area contributed by atoms with E-state index in [1.807, 2.05) is 0 Å². The van der Waals surface area contributed by atoms with E-state index in [0.717, 1.165) is 11.3 Å². The summed E-state index contributed by atoms with van der Waals surface area (Å²) in [6, 6.07) is 14.3. The summed E-state index contributed by atoms with van der Waals surface area (Å²) in [5.74, 6) is -3.39. The third-order valence-corrected chi connectivity index (χ3v) is 6.69. The van der Waals surface area contributed by atoms with Gasteiger partial charge in [-0.25, -0.2) is 9.78 Å². The average molecular weight is 479 g/mol. The van der Waals surface area contributed by atoms with Crippen LogP contribution in [0, 0.1) is 12.8 Å². The molecule has 0 spiro atoms. The lowest BCUT2D eigenvalue weighted by molar-refractivity contribution is -0.135. The molecule has 0 bridgehead atoms. The Balaban J connectivity index is 1.80. The van der Waals surface area contributed by atoms with Crippen LogP contribution in [0.4, 0.5) is 5.13 Å². The van der Waals surface area contributed by atoms with E-state index >= 15 is 0 Å². The number of aromatic nitrogens is 1. The number of ether oxygens (including phenoxy) is 2. The largest absolute Gasteiger partial charge is 0.497 e. The number of rotatable bonds is 7. The van der Waals surface area contributed by atoms with Gasteiger partial charge < -0.3 is 9.47 Å². The van der Waals surface area contributed by atoms with E-state index in [9.17, 15) is 19.2 Å². The smallest absolute Gasteiger partial charge is 0.350 e. The standard InChI is InChI=1S/C25H22N2O6S/c1-4-33-24(31)22-14(2)26-25(34-22)27-19(15-8-6-5-7-9-15)18(21(29)23(27)30)20(28)16-10-12-17(32-3)13-11-16/h5-13,18-19H,4H2,1-3H3. The van der Waals surface area contributed by atoms with Crippen LogP contribution in [0.1, 0.15) is 44.3 Å². The van der Waals surface area contributed by atoms with Crippen molar-refractivity contribution < 1.29 is 28.7 Å². The quantitative estimate of drug-likeness (QED) is 0.220. The number of anilines is 1. The molecular weight excluding hydrogens is 456 g/mol. The number of thiazole rings is 1. The number of benzene rings is 2. The third kappa shape index (κ3) is 4.10. The normalized spacial score (nSPS) is 17.7. The number of hydrogen-bond acceptors (Lipinski definition) is 8. The van der Waals surface area contributed by atoms with Crippen LogP contribution in [0.15, 0.2) is 54.6 Å². The topological polar surface area (TPSA) is 103 Å². The Hall–Kier alpha value is -3.85. The molecular formula is C25H22N2O6S. The van der Waals surface area contributed by atoms with Gasteiger partial charge in [0.05, 0.1) is 25.5 Å². The first kappa shape index (κ1) is 23.3. The van der Waals surface area contributed by atoms with E-state index in [0.29, 0.717) is 17.0 Å². The molecule has 34 heavy (non-hydrogen) atoms. The minimum absolute atomic E-state index is 0.165. The van der Waals surface area contributed by atoms with Gasteiger partial charge in [0.2, 0.25) is 5.78 Å². The summed E-state index contributed by atoms with van der Waals surface area (Å²) in [6.45, 7) is 3.52. The van der Waals surface area contributed by atoms with Crippen molar-refractivity contribution >= 4 is 39.9 Å². The molecule has 9 heteroatoms. The Morgan fingerprint density at radius 2 is 1.74 bits per heavy atom. The monoisotopic (exact) mass is 478 g/mol. The molecule has 1 saturated heterocycles. The van der Waals surface area contributed by atoms with Crippen LogP contribution >= 0.6 is 11.3 Å². The van der Waals surface area contributed by atoms with Crippen LogP contribution in [-0.2, 0) is 14.3 Å². The van der Waals surface area contributed by atoms with Gasteiger partial charge in [0.1, 0.15) is 16.5 Å². The fourth-order valence-corrected chi connectivity index (χ4v) is 4.93. The number of nitrogens with zero attached hydrogens (tertiary/aromatic N) is 2. The van der Waals surface area contributed by atoms with E-state index in [2.05, 4.69) is 4.98 Å². The number of methoxy groups -OCH3 is 1. The minimum Gasteiger partial charge on any atom is -0.497 e. The van der Waals surface area contributed by atoms with E-state index in [1.54, 1.807) is 68.4 Å². The predicted molar refractivity (Wildman–Crippen MR) is 125 cm³/mol. The van der Waals surface area contributed by atoms with E-state index in [-0.39, 0.29) is 22.2 Å². The second-order valence-electron chi connectivity index (χ2n) is 7.60. The zero-order valence-electron chi connectivity index (χ0n) is 18.8. The zero-order chi connectivity index (χ0) is 24.4. The first-order valence-electron chi connectivity index (χ1n) is 10.6. The maximum absolute atomic E-state index is 13.5. The van der Waals surface area contributed by atoms with Gasteiger partial charge in [0.15, 0.2) is 10.9 Å². The van der Waals surface area contributed by atoms with Gasteiger partial charge in [-0.1, -0.05) is 41.7 Å². The molecule has 1 fully saturated rings. The van der Waals surface area contributed by atoms with Gasteiger partial charge in [-0.05, 0) is 43.7 Å². The molecule has 8 nitrogen and oxygen atoms in total. The van der Waals surface area contributed by atoms with Crippen molar-refractivity contribution in [1.82, 2.24) is 4.98 Å². The summed E-state index contributed by atoms with van der Waals surface area (Å²) in [6.07, 6.45) is 0. The van der Waals surface area contributed by atoms with Crippen LogP contribution in [0.5, 0.6) is 5.75 Å². The Morgan fingerprint density at radius 1 is 1.06 bits per heavy atom. The average Bonchev–Trinajstić information content (AvgIpc) is 3.36. The van der Waals surface area contributed by atoms with Crippen molar-refractivity contribution in [1.29, 1.82) is 0 Å². The Labute approximate surface area is 200 Å². The molecule has 4 rings (SSSR count). The van der Waals surface area contributed by atoms with Crippen molar-refractivity contribution in [3.8, 4) is 5.75 Å². The molecule has 1 aliphatic rings. The summed E-state index contributed by atoms with van der Waals surface area (Å²) < 4.78 is 10.2. The summed E-state index contributed by atoms with van der Waals surface area (Å²) in [7, 11) is 1.51. The molecule has 0 radical (unpaired) electrons. The van der Waals surface area contributed by atoms with Crippen LogP contribution in [-0.4, -0.2) is 42.1 Å². The molecule has 2 atom stereocenters. The molecule has 0 saturated carbocycles. The summed E-state index contributed by atoms with van der Waals surface area (Å²) in [5.41, 5.74) is 1.28. The van der Waals surface area contributed by atoms with Crippen LogP contribution in [0.3, 0.4) is 0 Å². The zero-order valence-corrected chi connectivity index (χ0v) is 19.6. The SMILES string of the molecule is CCOC(=O)c1sc(N2C(=O)C(=O)C(C(=O)c3ccc(OC)cc3)C2c2ccccc2)nc1C.